The van der Waals surface area contributed by atoms with Crippen molar-refractivity contribution in [2.45, 2.75) is 40.0 Å². The summed E-state index contributed by atoms with van der Waals surface area (Å²) in [5.74, 6) is 1.78. The lowest BCUT2D eigenvalue weighted by atomic mass is 9.87. The van der Waals surface area contributed by atoms with Gasteiger partial charge >= 0.3 is 0 Å². The van der Waals surface area contributed by atoms with Crippen molar-refractivity contribution in [3.05, 3.63) is 36.0 Å². The van der Waals surface area contributed by atoms with Gasteiger partial charge in [-0.05, 0) is 29.0 Å². The minimum atomic E-state index is 0.150. The maximum Gasteiger partial charge on any atom is 0.249 e. The number of aromatic nitrogens is 3. The van der Waals surface area contributed by atoms with Crippen LogP contribution in [-0.4, -0.2) is 21.7 Å². The Morgan fingerprint density at radius 3 is 2.36 bits per heavy atom. The molecule has 2 rings (SSSR count). The molecule has 118 valence electrons. The van der Waals surface area contributed by atoms with Crippen LogP contribution in [-0.2, 0) is 5.41 Å². The Morgan fingerprint density at radius 2 is 1.77 bits per heavy atom. The highest BCUT2D eigenvalue weighted by Crippen LogP contribution is 2.24. The Kier molecular flexibility index (Phi) is 4.96. The lowest BCUT2D eigenvalue weighted by Gasteiger charge is -2.19. The van der Waals surface area contributed by atoms with Crippen molar-refractivity contribution < 1.29 is 0 Å². The van der Waals surface area contributed by atoms with Gasteiger partial charge in [0.25, 0.3) is 0 Å². The zero-order chi connectivity index (χ0) is 16.2. The fraction of sp³-hybridized carbons (Fsp3) is 0.471. The van der Waals surface area contributed by atoms with Gasteiger partial charge < -0.3 is 10.6 Å². The molecule has 5 nitrogen and oxygen atoms in total. The molecule has 0 aliphatic rings. The molecule has 0 radical (unpaired) electrons. The molecule has 0 bridgehead atoms. The molecule has 0 spiro atoms. The lowest BCUT2D eigenvalue weighted by molar-refractivity contribution is 0.590. The first-order chi connectivity index (χ1) is 10.3. The van der Waals surface area contributed by atoms with E-state index in [2.05, 4.69) is 72.6 Å². The van der Waals surface area contributed by atoms with Crippen molar-refractivity contribution in [3.8, 4) is 0 Å². The Balaban J connectivity index is 2.05. The van der Waals surface area contributed by atoms with Gasteiger partial charge in [-0.25, -0.2) is 0 Å². The van der Waals surface area contributed by atoms with Crippen LogP contribution in [0.4, 0.5) is 17.5 Å². The lowest BCUT2D eigenvalue weighted by Crippen LogP contribution is -2.11. The second-order valence-corrected chi connectivity index (χ2v) is 6.89. The van der Waals surface area contributed by atoms with Crippen LogP contribution in [0.15, 0.2) is 30.5 Å². The Morgan fingerprint density at radius 1 is 1.09 bits per heavy atom. The molecule has 22 heavy (non-hydrogen) atoms. The molecule has 0 amide bonds. The van der Waals surface area contributed by atoms with Crippen molar-refractivity contribution in [3.63, 3.8) is 0 Å². The summed E-state index contributed by atoms with van der Waals surface area (Å²) in [4.78, 5) is 4.42. The molecular formula is C17H25N5. The fourth-order valence-corrected chi connectivity index (χ4v) is 1.93. The number of nitrogens with zero attached hydrogens (tertiary/aromatic N) is 3. The first kappa shape index (κ1) is 16.2. The van der Waals surface area contributed by atoms with E-state index in [4.69, 9.17) is 0 Å². The van der Waals surface area contributed by atoms with Crippen LogP contribution in [0.2, 0.25) is 0 Å². The molecule has 1 aromatic heterocycles. The molecule has 5 heteroatoms. The molecule has 0 saturated heterocycles. The van der Waals surface area contributed by atoms with Gasteiger partial charge in [0.05, 0.1) is 6.20 Å². The summed E-state index contributed by atoms with van der Waals surface area (Å²) in [5.41, 5.74) is 2.40. The van der Waals surface area contributed by atoms with Gasteiger partial charge in [0.1, 0.15) is 0 Å². The Bertz CT molecular complexity index is 599. The monoisotopic (exact) mass is 299 g/mol. The van der Waals surface area contributed by atoms with E-state index >= 15 is 0 Å². The number of hydrogen-bond acceptors (Lipinski definition) is 5. The van der Waals surface area contributed by atoms with Gasteiger partial charge in [-0.2, -0.15) is 10.1 Å². The maximum atomic E-state index is 4.42. The van der Waals surface area contributed by atoms with Gasteiger partial charge in [-0.3, -0.25) is 0 Å². The van der Waals surface area contributed by atoms with E-state index in [0.29, 0.717) is 11.9 Å². The molecule has 2 aromatic rings. The summed E-state index contributed by atoms with van der Waals surface area (Å²) >= 11 is 0. The quantitative estimate of drug-likeness (QED) is 0.874. The topological polar surface area (TPSA) is 62.7 Å². The van der Waals surface area contributed by atoms with Gasteiger partial charge in [0, 0.05) is 12.2 Å². The average molecular weight is 299 g/mol. The van der Waals surface area contributed by atoms with Crippen LogP contribution in [0.3, 0.4) is 0 Å². The standard InChI is InChI=1S/C17H25N5/c1-12(2)10-18-15-11-19-22-16(21-15)20-14-8-6-13(7-9-14)17(3,4)5/h6-9,11-12H,10H2,1-5H3,(H2,18,20,21,22). The summed E-state index contributed by atoms with van der Waals surface area (Å²) in [6.45, 7) is 11.8. The van der Waals surface area contributed by atoms with Crippen LogP contribution in [0, 0.1) is 5.92 Å². The summed E-state index contributed by atoms with van der Waals surface area (Å²) in [6.07, 6.45) is 1.64. The van der Waals surface area contributed by atoms with E-state index in [1.54, 1.807) is 6.20 Å². The zero-order valence-electron chi connectivity index (χ0n) is 14.0. The number of nitrogens with one attached hydrogen (secondary N) is 2. The highest BCUT2D eigenvalue weighted by Gasteiger charge is 2.13. The molecule has 0 fully saturated rings. The van der Waals surface area contributed by atoms with Crippen molar-refractivity contribution in [2.24, 2.45) is 5.92 Å². The maximum absolute atomic E-state index is 4.42. The summed E-state index contributed by atoms with van der Waals surface area (Å²) < 4.78 is 0. The minimum absolute atomic E-state index is 0.150. The number of anilines is 3. The summed E-state index contributed by atoms with van der Waals surface area (Å²) in [5, 5.41) is 14.4. The number of hydrogen-bond donors (Lipinski definition) is 2. The molecule has 1 aromatic carbocycles. The van der Waals surface area contributed by atoms with E-state index in [0.717, 1.165) is 18.1 Å². The average Bonchev–Trinajstić information content (AvgIpc) is 2.45. The predicted molar refractivity (Wildman–Crippen MR) is 91.6 cm³/mol. The third kappa shape index (κ3) is 4.69. The Hall–Kier alpha value is -2.17. The van der Waals surface area contributed by atoms with Crippen molar-refractivity contribution in [2.75, 3.05) is 17.2 Å². The fourth-order valence-electron chi connectivity index (χ4n) is 1.93. The first-order valence-electron chi connectivity index (χ1n) is 7.66. The summed E-state index contributed by atoms with van der Waals surface area (Å²) in [7, 11) is 0. The van der Waals surface area contributed by atoms with Crippen LogP contribution >= 0.6 is 0 Å². The van der Waals surface area contributed by atoms with E-state index in [1.807, 2.05) is 12.1 Å². The second-order valence-electron chi connectivity index (χ2n) is 6.89. The van der Waals surface area contributed by atoms with E-state index in [1.165, 1.54) is 5.56 Å². The smallest absolute Gasteiger partial charge is 0.249 e. The predicted octanol–water partition coefficient (Wildman–Crippen LogP) is 3.98. The molecule has 2 N–H and O–H groups in total. The number of benzene rings is 1. The van der Waals surface area contributed by atoms with E-state index in [9.17, 15) is 0 Å². The van der Waals surface area contributed by atoms with Crippen LogP contribution in [0.5, 0.6) is 0 Å². The first-order valence-corrected chi connectivity index (χ1v) is 7.66. The van der Waals surface area contributed by atoms with E-state index < -0.39 is 0 Å². The van der Waals surface area contributed by atoms with Gasteiger partial charge in [0.2, 0.25) is 5.95 Å². The van der Waals surface area contributed by atoms with Gasteiger partial charge in [-0.15, -0.1) is 5.10 Å². The minimum Gasteiger partial charge on any atom is -0.368 e. The van der Waals surface area contributed by atoms with Gasteiger partial charge in [-0.1, -0.05) is 46.8 Å². The van der Waals surface area contributed by atoms with Crippen molar-refractivity contribution in [1.29, 1.82) is 0 Å². The second kappa shape index (κ2) is 6.73. The number of rotatable bonds is 5. The molecule has 0 atom stereocenters. The largest absolute Gasteiger partial charge is 0.368 e. The molecule has 1 heterocycles. The van der Waals surface area contributed by atoms with Crippen LogP contribution < -0.4 is 10.6 Å². The molecule has 0 unspecified atom stereocenters. The van der Waals surface area contributed by atoms with Gasteiger partial charge in [0.15, 0.2) is 5.82 Å². The molecule has 0 aliphatic carbocycles. The van der Waals surface area contributed by atoms with E-state index in [-0.39, 0.29) is 5.41 Å². The van der Waals surface area contributed by atoms with Crippen molar-refractivity contribution in [1.82, 2.24) is 15.2 Å². The Labute approximate surface area is 132 Å². The van der Waals surface area contributed by atoms with Crippen molar-refractivity contribution >= 4 is 17.5 Å². The SMILES string of the molecule is CC(C)CNc1cnnc(Nc2ccc(C(C)(C)C)cc2)n1. The summed E-state index contributed by atoms with van der Waals surface area (Å²) in [6, 6.07) is 8.32. The van der Waals surface area contributed by atoms with Crippen LogP contribution in [0.1, 0.15) is 40.2 Å². The van der Waals surface area contributed by atoms with Crippen LogP contribution in [0.25, 0.3) is 0 Å². The highest BCUT2D eigenvalue weighted by atomic mass is 15.3. The zero-order valence-corrected chi connectivity index (χ0v) is 14.0. The third-order valence-corrected chi connectivity index (χ3v) is 3.26. The molecule has 0 aliphatic heterocycles. The normalized spacial score (nSPS) is 11.5. The molecule has 0 saturated carbocycles. The third-order valence-electron chi connectivity index (χ3n) is 3.26. The highest BCUT2D eigenvalue weighted by molar-refractivity contribution is 5.55. The molecular weight excluding hydrogens is 274 g/mol.